The molecule has 2 rings (SSSR count). The van der Waals surface area contributed by atoms with Gasteiger partial charge in [0.25, 0.3) is 0 Å². The molecule has 94 valence electrons. The molecule has 0 aliphatic rings. The molecule has 18 heavy (non-hydrogen) atoms. The monoisotopic (exact) mass is 245 g/mol. The van der Waals surface area contributed by atoms with Gasteiger partial charge in [0.1, 0.15) is 5.82 Å². The zero-order valence-electron chi connectivity index (χ0n) is 10.3. The fourth-order valence-corrected chi connectivity index (χ4v) is 1.75. The van der Waals surface area contributed by atoms with E-state index in [1.807, 2.05) is 25.1 Å². The van der Waals surface area contributed by atoms with Gasteiger partial charge in [-0.05, 0) is 30.2 Å². The first-order valence-electron chi connectivity index (χ1n) is 5.83. The molecule has 0 bridgehead atoms. The molecule has 0 atom stereocenters. The normalized spacial score (nSPS) is 10.6. The highest BCUT2D eigenvalue weighted by Gasteiger charge is 2.03. The van der Waals surface area contributed by atoms with Crippen molar-refractivity contribution in [3.63, 3.8) is 0 Å². The maximum Gasteiger partial charge on any atom is 0.128 e. The third-order valence-electron chi connectivity index (χ3n) is 2.96. The Labute approximate surface area is 106 Å². The van der Waals surface area contributed by atoms with Gasteiger partial charge in [-0.25, -0.2) is 4.39 Å². The van der Waals surface area contributed by atoms with Crippen molar-refractivity contribution in [1.29, 1.82) is 0 Å². The lowest BCUT2D eigenvalue weighted by molar-refractivity contribution is 0.104. The van der Waals surface area contributed by atoms with E-state index in [-0.39, 0.29) is 12.4 Å². The van der Waals surface area contributed by atoms with Crippen molar-refractivity contribution in [1.82, 2.24) is 0 Å². The lowest BCUT2D eigenvalue weighted by Crippen LogP contribution is -2.00. The Bertz CT molecular complexity index is 540. The molecule has 0 saturated heterocycles. The van der Waals surface area contributed by atoms with Crippen LogP contribution in [0, 0.1) is 12.7 Å². The molecular weight excluding hydrogens is 229 g/mol. The first-order chi connectivity index (χ1) is 8.68. The average Bonchev–Trinajstić information content (AvgIpc) is 2.37. The van der Waals surface area contributed by atoms with E-state index in [4.69, 9.17) is 10.5 Å². The Morgan fingerprint density at radius 3 is 2.44 bits per heavy atom. The third-order valence-corrected chi connectivity index (χ3v) is 2.96. The molecule has 0 amide bonds. The summed E-state index contributed by atoms with van der Waals surface area (Å²) in [6.45, 7) is 2.66. The minimum Gasteiger partial charge on any atom is -0.399 e. The molecule has 0 saturated carbocycles. The van der Waals surface area contributed by atoms with Crippen molar-refractivity contribution in [2.75, 3.05) is 5.73 Å². The molecule has 0 radical (unpaired) electrons. The third kappa shape index (κ3) is 2.87. The lowest BCUT2D eigenvalue weighted by atomic mass is 10.1. The minimum atomic E-state index is -0.234. The van der Waals surface area contributed by atoms with Gasteiger partial charge < -0.3 is 10.5 Å². The molecule has 2 nitrogen and oxygen atoms in total. The number of halogens is 1. The van der Waals surface area contributed by atoms with Crippen LogP contribution in [-0.2, 0) is 18.0 Å². The summed E-state index contributed by atoms with van der Waals surface area (Å²) in [6.07, 6.45) is 0. The van der Waals surface area contributed by atoms with E-state index in [9.17, 15) is 4.39 Å². The van der Waals surface area contributed by atoms with Crippen LogP contribution in [0.4, 0.5) is 10.1 Å². The minimum absolute atomic E-state index is 0.234. The standard InChI is InChI=1S/C15H16FNO/c1-11-12(6-4-8-15(11)17)9-18-10-13-5-2-3-7-14(13)16/h2-8H,9-10,17H2,1H3. The van der Waals surface area contributed by atoms with E-state index in [2.05, 4.69) is 0 Å². The van der Waals surface area contributed by atoms with Crippen LogP contribution in [0.1, 0.15) is 16.7 Å². The quantitative estimate of drug-likeness (QED) is 0.837. The number of hydrogen-bond donors (Lipinski definition) is 1. The van der Waals surface area contributed by atoms with Gasteiger partial charge in [-0.15, -0.1) is 0 Å². The van der Waals surface area contributed by atoms with Crippen LogP contribution in [0.25, 0.3) is 0 Å². The van der Waals surface area contributed by atoms with Crippen molar-refractivity contribution in [2.24, 2.45) is 0 Å². The molecule has 0 unspecified atom stereocenters. The van der Waals surface area contributed by atoms with E-state index in [1.54, 1.807) is 18.2 Å². The molecule has 2 N–H and O–H groups in total. The highest BCUT2D eigenvalue weighted by molar-refractivity contribution is 5.49. The number of rotatable bonds is 4. The molecule has 2 aromatic rings. The summed E-state index contributed by atoms with van der Waals surface area (Å²) in [5.74, 6) is -0.234. The van der Waals surface area contributed by atoms with Crippen LogP contribution >= 0.6 is 0 Å². The number of nitrogen functional groups attached to an aromatic ring is 1. The van der Waals surface area contributed by atoms with Crippen molar-refractivity contribution in [3.8, 4) is 0 Å². The van der Waals surface area contributed by atoms with Gasteiger partial charge in [-0.3, -0.25) is 0 Å². The Balaban J connectivity index is 1.97. The Kier molecular flexibility index (Phi) is 3.95. The molecule has 2 aromatic carbocycles. The Morgan fingerprint density at radius 1 is 1.00 bits per heavy atom. The molecule has 0 aliphatic heterocycles. The largest absolute Gasteiger partial charge is 0.399 e. The predicted octanol–water partition coefficient (Wildman–Crippen LogP) is 3.43. The first kappa shape index (κ1) is 12.6. The smallest absolute Gasteiger partial charge is 0.128 e. The second-order valence-corrected chi connectivity index (χ2v) is 4.22. The molecule has 0 aliphatic carbocycles. The number of ether oxygens (including phenoxy) is 1. The maximum atomic E-state index is 13.4. The van der Waals surface area contributed by atoms with Gasteiger partial charge in [0, 0.05) is 11.3 Å². The summed E-state index contributed by atoms with van der Waals surface area (Å²) in [7, 11) is 0. The van der Waals surface area contributed by atoms with Crippen LogP contribution < -0.4 is 5.73 Å². The van der Waals surface area contributed by atoms with E-state index in [0.29, 0.717) is 12.2 Å². The molecular formula is C15H16FNO. The molecule has 3 heteroatoms. The lowest BCUT2D eigenvalue weighted by Gasteiger charge is -2.09. The Morgan fingerprint density at radius 2 is 1.67 bits per heavy atom. The topological polar surface area (TPSA) is 35.2 Å². The second kappa shape index (κ2) is 5.65. The fourth-order valence-electron chi connectivity index (χ4n) is 1.75. The maximum absolute atomic E-state index is 13.4. The summed E-state index contributed by atoms with van der Waals surface area (Å²) < 4.78 is 18.9. The zero-order chi connectivity index (χ0) is 13.0. The summed E-state index contributed by atoms with van der Waals surface area (Å²) >= 11 is 0. The predicted molar refractivity (Wildman–Crippen MR) is 70.5 cm³/mol. The highest BCUT2D eigenvalue weighted by atomic mass is 19.1. The number of anilines is 1. The van der Waals surface area contributed by atoms with Gasteiger partial charge in [0.2, 0.25) is 0 Å². The van der Waals surface area contributed by atoms with E-state index in [0.717, 1.165) is 16.8 Å². The van der Waals surface area contributed by atoms with Crippen molar-refractivity contribution < 1.29 is 9.13 Å². The molecule has 0 aromatic heterocycles. The van der Waals surface area contributed by atoms with Gasteiger partial charge >= 0.3 is 0 Å². The summed E-state index contributed by atoms with van der Waals surface area (Å²) in [5, 5.41) is 0. The van der Waals surface area contributed by atoms with Gasteiger partial charge in [0.15, 0.2) is 0 Å². The number of nitrogens with two attached hydrogens (primary N) is 1. The second-order valence-electron chi connectivity index (χ2n) is 4.22. The zero-order valence-corrected chi connectivity index (χ0v) is 10.3. The van der Waals surface area contributed by atoms with E-state index >= 15 is 0 Å². The van der Waals surface area contributed by atoms with E-state index in [1.165, 1.54) is 6.07 Å². The highest BCUT2D eigenvalue weighted by Crippen LogP contribution is 2.17. The fraction of sp³-hybridized carbons (Fsp3) is 0.200. The first-order valence-corrected chi connectivity index (χ1v) is 5.83. The van der Waals surface area contributed by atoms with Crippen LogP contribution in [0.2, 0.25) is 0 Å². The van der Waals surface area contributed by atoms with Crippen LogP contribution in [0.3, 0.4) is 0 Å². The van der Waals surface area contributed by atoms with Crippen molar-refractivity contribution >= 4 is 5.69 Å². The summed E-state index contributed by atoms with van der Waals surface area (Å²) in [5.41, 5.74) is 9.19. The van der Waals surface area contributed by atoms with Gasteiger partial charge in [-0.2, -0.15) is 0 Å². The SMILES string of the molecule is Cc1c(N)cccc1COCc1ccccc1F. The van der Waals surface area contributed by atoms with Crippen molar-refractivity contribution in [3.05, 3.63) is 65.0 Å². The summed E-state index contributed by atoms with van der Waals surface area (Å²) in [6, 6.07) is 12.3. The van der Waals surface area contributed by atoms with Crippen LogP contribution in [0.5, 0.6) is 0 Å². The van der Waals surface area contributed by atoms with Crippen LogP contribution in [0.15, 0.2) is 42.5 Å². The molecule has 0 heterocycles. The van der Waals surface area contributed by atoms with Crippen molar-refractivity contribution in [2.45, 2.75) is 20.1 Å². The number of benzene rings is 2. The summed E-state index contributed by atoms with van der Waals surface area (Å²) in [4.78, 5) is 0. The van der Waals surface area contributed by atoms with Gasteiger partial charge in [-0.1, -0.05) is 30.3 Å². The van der Waals surface area contributed by atoms with Crippen LogP contribution in [-0.4, -0.2) is 0 Å². The van der Waals surface area contributed by atoms with E-state index < -0.39 is 0 Å². The van der Waals surface area contributed by atoms with Gasteiger partial charge in [0.05, 0.1) is 13.2 Å². The number of hydrogen-bond acceptors (Lipinski definition) is 2. The molecule has 0 spiro atoms. The average molecular weight is 245 g/mol. The molecule has 0 fully saturated rings. The Hall–Kier alpha value is -1.87.